The van der Waals surface area contributed by atoms with E-state index in [0.29, 0.717) is 78.4 Å². The molecule has 0 unspecified atom stereocenters. The Labute approximate surface area is 327 Å². The van der Waals surface area contributed by atoms with Gasteiger partial charge in [0.25, 0.3) is 0 Å². The predicted octanol–water partition coefficient (Wildman–Crippen LogP) is 4.46. The van der Waals surface area contributed by atoms with E-state index >= 15 is 0 Å². The van der Waals surface area contributed by atoms with Gasteiger partial charge in [-0.25, -0.2) is 4.79 Å². The third-order valence-electron chi connectivity index (χ3n) is 8.80. The number of hydrogen-bond donors (Lipinski definition) is 6. The van der Waals surface area contributed by atoms with Crippen molar-refractivity contribution >= 4 is 35.6 Å². The summed E-state index contributed by atoms with van der Waals surface area (Å²) in [7, 11) is 0. The van der Waals surface area contributed by atoms with Crippen LogP contribution in [0.1, 0.15) is 135 Å². The van der Waals surface area contributed by atoms with E-state index in [1.54, 1.807) is 6.92 Å². The van der Waals surface area contributed by atoms with E-state index in [2.05, 4.69) is 16.0 Å². The number of nitrogens with one attached hydrogen (secondary N) is 3. The van der Waals surface area contributed by atoms with Gasteiger partial charge in [0.15, 0.2) is 0 Å². The quantitative estimate of drug-likeness (QED) is 0.0470. The van der Waals surface area contributed by atoms with Crippen LogP contribution in [0.5, 0.6) is 0 Å². The van der Waals surface area contributed by atoms with E-state index < -0.39 is 35.8 Å². The highest BCUT2D eigenvalue weighted by atomic mass is 16.6. The Hall–Kier alpha value is -3.34. The number of carboxylic acids is 3. The highest BCUT2D eigenvalue weighted by molar-refractivity contribution is 5.84. The number of carbonyl (C=O) groups excluding carboxylic acids is 3. The molecule has 0 radical (unpaired) electrons. The van der Waals surface area contributed by atoms with Gasteiger partial charge in [-0.05, 0) is 32.1 Å². The first kappa shape index (κ1) is 51.7. The Bertz CT molecular complexity index is 1030. The lowest BCUT2D eigenvalue weighted by atomic mass is 10.0. The molecule has 0 spiro atoms. The second kappa shape index (κ2) is 37.6. The molecule has 0 aromatic heterocycles. The van der Waals surface area contributed by atoms with Gasteiger partial charge in [-0.3, -0.25) is 24.0 Å². The number of hydrogen-bond acceptors (Lipinski definition) is 10. The summed E-state index contributed by atoms with van der Waals surface area (Å²) in [5, 5.41) is 34.9. The van der Waals surface area contributed by atoms with Crippen molar-refractivity contribution < 1.29 is 63.0 Å². The zero-order chi connectivity index (χ0) is 40.8. The van der Waals surface area contributed by atoms with Gasteiger partial charge in [-0.15, -0.1) is 0 Å². The van der Waals surface area contributed by atoms with Crippen LogP contribution in [-0.2, 0) is 47.7 Å². The lowest BCUT2D eigenvalue weighted by Gasteiger charge is -2.14. The van der Waals surface area contributed by atoms with Crippen LogP contribution in [0.3, 0.4) is 0 Å². The number of amides is 3. The minimum atomic E-state index is -1.23. The first-order valence-corrected chi connectivity index (χ1v) is 20.3. The van der Waals surface area contributed by atoms with Gasteiger partial charge < -0.3 is 50.2 Å². The molecule has 2 atom stereocenters. The average molecular weight is 790 g/mol. The van der Waals surface area contributed by atoms with Crippen LogP contribution in [0, 0.1) is 5.92 Å². The van der Waals surface area contributed by atoms with Crippen molar-refractivity contribution in [1.82, 2.24) is 16.0 Å². The van der Waals surface area contributed by atoms with Crippen LogP contribution in [-0.4, -0.2) is 123 Å². The molecular weight excluding hydrogens is 718 g/mol. The summed E-state index contributed by atoms with van der Waals surface area (Å²) in [5.41, 5.74) is 0. The highest BCUT2D eigenvalue weighted by Crippen LogP contribution is 2.13. The Morgan fingerprint density at radius 2 is 0.891 bits per heavy atom. The molecule has 16 heteroatoms. The van der Waals surface area contributed by atoms with E-state index in [-0.39, 0.29) is 50.7 Å². The summed E-state index contributed by atoms with van der Waals surface area (Å²) in [6.07, 6.45) is 15.8. The highest BCUT2D eigenvalue weighted by Gasteiger charge is 2.21. The second-order valence-electron chi connectivity index (χ2n) is 13.8. The molecule has 3 amide bonds. The van der Waals surface area contributed by atoms with Gasteiger partial charge in [-0.1, -0.05) is 77.6 Å². The van der Waals surface area contributed by atoms with Crippen molar-refractivity contribution in [2.75, 3.05) is 65.9 Å². The molecule has 0 rings (SSSR count). The van der Waals surface area contributed by atoms with Gasteiger partial charge >= 0.3 is 17.9 Å². The Morgan fingerprint density at radius 3 is 1.40 bits per heavy atom. The van der Waals surface area contributed by atoms with Crippen LogP contribution >= 0.6 is 0 Å². The molecule has 55 heavy (non-hydrogen) atoms. The van der Waals surface area contributed by atoms with Gasteiger partial charge in [0.05, 0.1) is 58.8 Å². The molecule has 0 bridgehead atoms. The van der Waals surface area contributed by atoms with Crippen LogP contribution in [0.15, 0.2) is 0 Å². The molecule has 0 saturated heterocycles. The second-order valence-corrected chi connectivity index (χ2v) is 13.8. The van der Waals surface area contributed by atoms with E-state index in [4.69, 9.17) is 29.2 Å². The Kier molecular flexibility index (Phi) is 35.3. The van der Waals surface area contributed by atoms with E-state index in [1.807, 2.05) is 0 Å². The zero-order valence-corrected chi connectivity index (χ0v) is 33.3. The standard InChI is InChI=1S/C39H71N3O13/c1-32(38(48)49)16-14-15-22-40-35(44)20-19-33(39(50)51)42-36(45)21-24-52-26-28-54-30-31-55-29-27-53-25-23-41-34(43)17-12-10-8-6-4-2-3-5-7-9-11-13-18-37(46)47/h32-33H,2-31H2,1H3,(H,40,44)(H,41,43)(H,42,45)(H,46,47)(H,48,49)(H,50,51)/t32-,33+/m0/s1. The van der Waals surface area contributed by atoms with Crippen molar-refractivity contribution in [1.29, 1.82) is 0 Å². The van der Waals surface area contributed by atoms with Gasteiger partial charge in [0, 0.05) is 38.8 Å². The fraction of sp³-hybridized carbons (Fsp3) is 0.846. The lowest BCUT2D eigenvalue weighted by Crippen LogP contribution is -2.42. The molecule has 0 aliphatic carbocycles. The summed E-state index contributed by atoms with van der Waals surface area (Å²) in [6.45, 7) is 5.04. The molecule has 0 aromatic carbocycles. The molecule has 0 aliphatic heterocycles. The number of rotatable bonds is 41. The monoisotopic (exact) mass is 789 g/mol. The first-order valence-electron chi connectivity index (χ1n) is 20.3. The fourth-order valence-electron chi connectivity index (χ4n) is 5.42. The molecule has 0 aromatic rings. The van der Waals surface area contributed by atoms with Crippen LogP contribution < -0.4 is 16.0 Å². The molecule has 0 heterocycles. The maximum Gasteiger partial charge on any atom is 0.326 e. The van der Waals surface area contributed by atoms with Gasteiger partial charge in [0.2, 0.25) is 17.7 Å². The SMILES string of the molecule is C[C@@H](CCCCNC(=O)CC[C@@H](NC(=O)CCOCCOCCOCCOCCNC(=O)CCCCCCCCCCCCCCC(=O)O)C(=O)O)C(=O)O. The maximum atomic E-state index is 12.1. The van der Waals surface area contributed by atoms with Crippen molar-refractivity contribution in [3.05, 3.63) is 0 Å². The van der Waals surface area contributed by atoms with Crippen molar-refractivity contribution in [2.45, 2.75) is 141 Å². The average Bonchev–Trinajstić information content (AvgIpc) is 3.14. The number of carbonyl (C=O) groups is 6. The first-order chi connectivity index (χ1) is 26.5. The van der Waals surface area contributed by atoms with Gasteiger partial charge in [0.1, 0.15) is 6.04 Å². The fourth-order valence-corrected chi connectivity index (χ4v) is 5.42. The van der Waals surface area contributed by atoms with Crippen LogP contribution in [0.25, 0.3) is 0 Å². The molecule has 0 fully saturated rings. The van der Waals surface area contributed by atoms with Gasteiger partial charge in [-0.2, -0.15) is 0 Å². The van der Waals surface area contributed by atoms with Crippen molar-refractivity contribution in [2.24, 2.45) is 5.92 Å². The van der Waals surface area contributed by atoms with Crippen LogP contribution in [0.2, 0.25) is 0 Å². The van der Waals surface area contributed by atoms with Crippen LogP contribution in [0.4, 0.5) is 0 Å². The molecule has 16 nitrogen and oxygen atoms in total. The lowest BCUT2D eigenvalue weighted by molar-refractivity contribution is -0.142. The number of carboxylic acid groups (broad SMARTS) is 3. The van der Waals surface area contributed by atoms with E-state index in [1.165, 1.54) is 38.5 Å². The Morgan fingerprint density at radius 1 is 0.436 bits per heavy atom. The number of ether oxygens (including phenoxy) is 4. The molecular formula is C39H71N3O13. The third-order valence-corrected chi connectivity index (χ3v) is 8.80. The molecule has 0 aliphatic rings. The number of unbranched alkanes of at least 4 members (excludes halogenated alkanes) is 12. The largest absolute Gasteiger partial charge is 0.481 e. The molecule has 6 N–H and O–H groups in total. The van der Waals surface area contributed by atoms with Crippen molar-refractivity contribution in [3.63, 3.8) is 0 Å². The zero-order valence-electron chi connectivity index (χ0n) is 33.3. The summed E-state index contributed by atoms with van der Waals surface area (Å²) in [5.74, 6) is -4.02. The normalized spacial score (nSPS) is 12.2. The van der Waals surface area contributed by atoms with Crippen molar-refractivity contribution in [3.8, 4) is 0 Å². The molecule has 0 saturated carbocycles. The van der Waals surface area contributed by atoms with E-state index in [0.717, 1.165) is 38.5 Å². The minimum Gasteiger partial charge on any atom is -0.481 e. The molecule has 320 valence electrons. The number of aliphatic carboxylic acids is 3. The van der Waals surface area contributed by atoms with E-state index in [9.17, 15) is 33.9 Å². The maximum absolute atomic E-state index is 12.1. The summed E-state index contributed by atoms with van der Waals surface area (Å²) in [6, 6.07) is -1.20. The smallest absolute Gasteiger partial charge is 0.326 e. The predicted molar refractivity (Wildman–Crippen MR) is 206 cm³/mol. The summed E-state index contributed by atoms with van der Waals surface area (Å²) >= 11 is 0. The summed E-state index contributed by atoms with van der Waals surface area (Å²) < 4.78 is 21.7. The topological polar surface area (TPSA) is 236 Å². The summed E-state index contributed by atoms with van der Waals surface area (Å²) in [4.78, 5) is 69.0. The third kappa shape index (κ3) is 37.4. The minimum absolute atomic E-state index is 0.0402. The Balaban J connectivity index is 3.52.